The van der Waals surface area contributed by atoms with Crippen molar-refractivity contribution in [3.8, 4) is 0 Å². The number of hydrogen-bond acceptors (Lipinski definition) is 4. The average molecular weight is 518 g/mol. The molecule has 1 atom stereocenters. The van der Waals surface area contributed by atoms with Gasteiger partial charge in [-0.3, -0.25) is 4.79 Å². The van der Waals surface area contributed by atoms with Crippen LogP contribution in [-0.2, 0) is 24.0 Å². The first kappa shape index (κ1) is 27.0. The van der Waals surface area contributed by atoms with Crippen molar-refractivity contribution in [1.29, 1.82) is 0 Å². The van der Waals surface area contributed by atoms with E-state index >= 15 is 0 Å². The Hall–Kier alpha value is -3.07. The van der Waals surface area contributed by atoms with E-state index in [0.29, 0.717) is 36.8 Å². The van der Waals surface area contributed by atoms with E-state index in [9.17, 15) is 22.8 Å². The van der Waals surface area contributed by atoms with Crippen molar-refractivity contribution >= 4 is 17.7 Å². The molecule has 2 heterocycles. The number of carbonyl (C=O) groups excluding carboxylic acids is 2. The van der Waals surface area contributed by atoms with Gasteiger partial charge in [-0.2, -0.15) is 13.2 Å². The van der Waals surface area contributed by atoms with E-state index in [1.165, 1.54) is 11.0 Å². The zero-order valence-electron chi connectivity index (χ0n) is 21.8. The number of fused-ring (bicyclic) bond motifs is 1. The van der Waals surface area contributed by atoms with E-state index in [0.717, 1.165) is 12.8 Å². The molecule has 9 heteroatoms. The SMILES string of the molecule is CN(CCC1CCN(C(=O)OC(C)(C)C)C1)Cc1cc2c(c(C(F)(F)F)c1)CN(c1ccccc1)C2=O. The van der Waals surface area contributed by atoms with Crippen LogP contribution in [0.5, 0.6) is 0 Å². The van der Waals surface area contributed by atoms with E-state index in [1.54, 1.807) is 41.3 Å². The van der Waals surface area contributed by atoms with Gasteiger partial charge >= 0.3 is 12.3 Å². The summed E-state index contributed by atoms with van der Waals surface area (Å²) in [6, 6.07) is 11.5. The van der Waals surface area contributed by atoms with E-state index in [2.05, 4.69) is 0 Å². The second-order valence-corrected chi connectivity index (χ2v) is 11.0. The molecule has 0 bridgehead atoms. The molecule has 2 amide bonds. The van der Waals surface area contributed by atoms with E-state index in [-0.39, 0.29) is 30.3 Å². The van der Waals surface area contributed by atoms with Gasteiger partial charge in [0.05, 0.1) is 12.1 Å². The highest BCUT2D eigenvalue weighted by Crippen LogP contribution is 2.39. The van der Waals surface area contributed by atoms with Crippen molar-refractivity contribution in [2.45, 2.75) is 58.5 Å². The summed E-state index contributed by atoms with van der Waals surface area (Å²) in [7, 11) is 1.86. The highest BCUT2D eigenvalue weighted by molar-refractivity contribution is 6.10. The molecule has 0 saturated carbocycles. The number of benzene rings is 2. The summed E-state index contributed by atoms with van der Waals surface area (Å²) in [4.78, 5) is 30.5. The second kappa shape index (κ2) is 10.4. The number of ether oxygens (including phenoxy) is 1. The smallest absolute Gasteiger partial charge is 0.416 e. The fraction of sp³-hybridized carbons (Fsp3) is 0.500. The molecule has 0 aromatic heterocycles. The van der Waals surface area contributed by atoms with Crippen LogP contribution in [-0.4, -0.2) is 54.1 Å². The van der Waals surface area contributed by atoms with Gasteiger partial charge in [-0.05, 0) is 88.5 Å². The lowest BCUT2D eigenvalue weighted by molar-refractivity contribution is -0.138. The zero-order chi connectivity index (χ0) is 27.0. The largest absolute Gasteiger partial charge is 0.444 e. The number of rotatable bonds is 6. The predicted molar refractivity (Wildman–Crippen MR) is 135 cm³/mol. The molecule has 37 heavy (non-hydrogen) atoms. The summed E-state index contributed by atoms with van der Waals surface area (Å²) in [5.74, 6) is -0.105. The Labute approximate surface area is 216 Å². The molecule has 6 nitrogen and oxygen atoms in total. The number of hydrogen-bond donors (Lipinski definition) is 0. The fourth-order valence-corrected chi connectivity index (χ4v) is 4.98. The van der Waals surface area contributed by atoms with Crippen LogP contribution in [0.2, 0.25) is 0 Å². The number of likely N-dealkylation sites (tertiary alicyclic amines) is 1. The minimum Gasteiger partial charge on any atom is -0.444 e. The molecule has 2 aliphatic heterocycles. The van der Waals surface area contributed by atoms with Gasteiger partial charge < -0.3 is 19.4 Å². The van der Waals surface area contributed by atoms with Crippen molar-refractivity contribution in [2.75, 3.05) is 31.6 Å². The number of anilines is 1. The molecule has 0 aliphatic carbocycles. The number of amides is 2. The van der Waals surface area contributed by atoms with Crippen LogP contribution in [0.3, 0.4) is 0 Å². The summed E-state index contributed by atoms with van der Waals surface area (Å²) in [6.45, 7) is 7.62. The molecule has 2 aromatic rings. The summed E-state index contributed by atoms with van der Waals surface area (Å²) in [5, 5.41) is 0. The van der Waals surface area contributed by atoms with Gasteiger partial charge in [0, 0.05) is 30.9 Å². The van der Waals surface area contributed by atoms with Crippen LogP contribution in [0, 0.1) is 5.92 Å². The number of halogens is 3. The molecule has 1 fully saturated rings. The van der Waals surface area contributed by atoms with Gasteiger partial charge in [0.1, 0.15) is 5.60 Å². The Morgan fingerprint density at radius 2 is 1.84 bits per heavy atom. The monoisotopic (exact) mass is 517 g/mol. The normalized spacial score (nSPS) is 18.1. The summed E-state index contributed by atoms with van der Waals surface area (Å²) in [6.07, 6.45) is -3.18. The van der Waals surface area contributed by atoms with E-state index < -0.39 is 23.2 Å². The van der Waals surface area contributed by atoms with Crippen molar-refractivity contribution in [1.82, 2.24) is 9.80 Å². The maximum Gasteiger partial charge on any atom is 0.416 e. The first-order chi connectivity index (χ1) is 17.3. The third-order valence-corrected chi connectivity index (χ3v) is 6.78. The molecule has 1 unspecified atom stereocenters. The second-order valence-electron chi connectivity index (χ2n) is 11.0. The maximum absolute atomic E-state index is 14.0. The van der Waals surface area contributed by atoms with Crippen LogP contribution in [0.15, 0.2) is 42.5 Å². The fourth-order valence-electron chi connectivity index (χ4n) is 4.98. The summed E-state index contributed by atoms with van der Waals surface area (Å²) < 4.78 is 47.4. The molecule has 0 N–H and O–H groups in total. The van der Waals surface area contributed by atoms with Gasteiger partial charge in [0.25, 0.3) is 5.91 Å². The summed E-state index contributed by atoms with van der Waals surface area (Å²) >= 11 is 0. The third-order valence-electron chi connectivity index (χ3n) is 6.78. The lowest BCUT2D eigenvalue weighted by Gasteiger charge is -2.24. The lowest BCUT2D eigenvalue weighted by Crippen LogP contribution is -2.35. The highest BCUT2D eigenvalue weighted by Gasteiger charge is 2.40. The van der Waals surface area contributed by atoms with Crippen LogP contribution in [0.25, 0.3) is 0 Å². The average Bonchev–Trinajstić information content (AvgIpc) is 3.41. The number of nitrogens with zero attached hydrogens (tertiary/aromatic N) is 3. The van der Waals surface area contributed by atoms with Gasteiger partial charge in [0.15, 0.2) is 0 Å². The number of alkyl halides is 3. The standard InChI is InChI=1S/C28H34F3N3O3/c1-27(2,3)37-26(36)33-13-11-19(17-33)10-12-32(4)16-20-14-22-23(24(15-20)28(29,30)31)18-34(25(22)35)21-8-6-5-7-9-21/h5-9,14-15,19H,10-13,16-18H2,1-4H3. The van der Waals surface area contributed by atoms with Crippen LogP contribution in [0.1, 0.15) is 60.7 Å². The minimum atomic E-state index is -4.55. The Bertz CT molecular complexity index is 1150. The lowest BCUT2D eigenvalue weighted by atomic mass is 9.98. The molecular weight excluding hydrogens is 483 g/mol. The molecule has 0 radical (unpaired) electrons. The van der Waals surface area contributed by atoms with Gasteiger partial charge in [-0.25, -0.2) is 4.79 Å². The van der Waals surface area contributed by atoms with Crippen molar-refractivity contribution in [3.63, 3.8) is 0 Å². The number of carbonyl (C=O) groups is 2. The molecule has 1 saturated heterocycles. The zero-order valence-corrected chi connectivity index (χ0v) is 21.8. The predicted octanol–water partition coefficient (Wildman–Crippen LogP) is 5.94. The Morgan fingerprint density at radius 3 is 2.49 bits per heavy atom. The molecular formula is C28H34F3N3O3. The third kappa shape index (κ3) is 6.44. The number of para-hydroxylation sites is 1. The summed E-state index contributed by atoms with van der Waals surface area (Å²) in [5.41, 5.74) is -0.109. The first-order valence-corrected chi connectivity index (χ1v) is 12.6. The maximum atomic E-state index is 14.0. The van der Waals surface area contributed by atoms with Gasteiger partial charge in [-0.1, -0.05) is 18.2 Å². The quantitative estimate of drug-likeness (QED) is 0.476. The van der Waals surface area contributed by atoms with Crippen molar-refractivity contribution in [3.05, 3.63) is 64.7 Å². The van der Waals surface area contributed by atoms with E-state index in [1.807, 2.05) is 32.7 Å². The molecule has 2 aliphatic rings. The molecule has 4 rings (SSSR count). The highest BCUT2D eigenvalue weighted by atomic mass is 19.4. The van der Waals surface area contributed by atoms with Crippen molar-refractivity contribution < 1.29 is 27.5 Å². The van der Waals surface area contributed by atoms with Crippen LogP contribution in [0.4, 0.5) is 23.7 Å². The Balaban J connectivity index is 1.41. The van der Waals surface area contributed by atoms with Crippen LogP contribution >= 0.6 is 0 Å². The van der Waals surface area contributed by atoms with E-state index in [4.69, 9.17) is 4.74 Å². The molecule has 200 valence electrons. The van der Waals surface area contributed by atoms with Gasteiger partial charge in [-0.15, -0.1) is 0 Å². The molecule has 0 spiro atoms. The topological polar surface area (TPSA) is 53.1 Å². The Kier molecular flexibility index (Phi) is 7.55. The van der Waals surface area contributed by atoms with Crippen molar-refractivity contribution in [2.24, 2.45) is 5.92 Å². The Morgan fingerprint density at radius 1 is 1.14 bits per heavy atom. The minimum absolute atomic E-state index is 0.0287. The van der Waals surface area contributed by atoms with Gasteiger partial charge in [0.2, 0.25) is 0 Å². The molecule has 2 aromatic carbocycles. The first-order valence-electron chi connectivity index (χ1n) is 12.6. The van der Waals surface area contributed by atoms with Crippen LogP contribution < -0.4 is 4.90 Å².